The molecule has 1 unspecified atom stereocenters. The van der Waals surface area contributed by atoms with Gasteiger partial charge in [0.15, 0.2) is 5.60 Å². The second-order valence-electron chi connectivity index (χ2n) is 1.93. The van der Waals surface area contributed by atoms with Crippen molar-refractivity contribution in [3.05, 3.63) is 0 Å². The topological polar surface area (TPSA) is 57.5 Å². The molecule has 1 atom stereocenters. The summed E-state index contributed by atoms with van der Waals surface area (Å²) in [6.45, 7) is 2.89. The van der Waals surface area contributed by atoms with E-state index < -0.39 is 11.6 Å². The molecule has 0 aromatic heterocycles. The molecule has 0 saturated heterocycles. The minimum Gasteiger partial charge on any atom is -0.479 e. The smallest absolute Gasteiger partial charge is 0.335 e. The monoisotopic (exact) mass is 207 g/mol. The Morgan fingerprint density at radius 1 is 1.67 bits per heavy atom. The Morgan fingerprint density at radius 2 is 2.00 bits per heavy atom. The van der Waals surface area contributed by atoms with Crippen LogP contribution in [0.2, 0.25) is 0 Å². The van der Waals surface area contributed by atoms with E-state index in [1.165, 1.54) is 6.92 Å². The van der Waals surface area contributed by atoms with Gasteiger partial charge in [0.1, 0.15) is 0 Å². The van der Waals surface area contributed by atoms with Gasteiger partial charge < -0.3 is 10.2 Å². The molecule has 0 aliphatic heterocycles. The van der Waals surface area contributed by atoms with Gasteiger partial charge in [-0.25, -0.2) is 4.79 Å². The average molecular weight is 207 g/mol. The van der Waals surface area contributed by atoms with Gasteiger partial charge in [-0.05, 0) is 13.3 Å². The van der Waals surface area contributed by atoms with E-state index in [1.54, 1.807) is 6.92 Å². The van der Waals surface area contributed by atoms with Crippen molar-refractivity contribution in [1.29, 1.82) is 0 Å². The second-order valence-corrected chi connectivity index (χ2v) is 1.93. The molecule has 0 fully saturated rings. The van der Waals surface area contributed by atoms with Crippen LogP contribution in [0.15, 0.2) is 0 Å². The maximum atomic E-state index is 10.0. The molecule has 0 bridgehead atoms. The van der Waals surface area contributed by atoms with Gasteiger partial charge in [-0.15, -0.1) is 0 Å². The van der Waals surface area contributed by atoms with Crippen LogP contribution in [0.1, 0.15) is 20.3 Å². The molecule has 0 spiro atoms. The maximum Gasteiger partial charge on any atom is 0.335 e. The Morgan fingerprint density at radius 3 is 2.00 bits per heavy atom. The number of aliphatic hydroxyl groups is 1. The Kier molecular flexibility index (Phi) is 5.93. The van der Waals surface area contributed by atoms with Gasteiger partial charge in [-0.3, -0.25) is 0 Å². The average Bonchev–Trinajstić information content (AvgIpc) is 1.67. The van der Waals surface area contributed by atoms with E-state index in [0.717, 1.165) is 0 Å². The molecule has 9 heavy (non-hydrogen) atoms. The third-order valence-electron chi connectivity index (χ3n) is 1.15. The van der Waals surface area contributed by atoms with Crippen LogP contribution in [0.25, 0.3) is 0 Å². The van der Waals surface area contributed by atoms with Crippen molar-refractivity contribution in [3.8, 4) is 0 Å². The fourth-order valence-electron chi connectivity index (χ4n) is 0.151. The van der Waals surface area contributed by atoms with Gasteiger partial charge in [-0.2, -0.15) is 0 Å². The predicted molar refractivity (Wildman–Crippen MR) is 28.6 cm³/mol. The number of hydrogen-bond acceptors (Lipinski definition) is 2. The minimum absolute atomic E-state index is 0. The molecule has 3 nitrogen and oxygen atoms in total. The third kappa shape index (κ3) is 4.01. The number of carboxylic acid groups (broad SMARTS) is 1. The third-order valence-corrected chi connectivity index (χ3v) is 1.15. The number of hydrogen-bond donors (Lipinski definition) is 2. The molecule has 0 aliphatic carbocycles. The van der Waals surface area contributed by atoms with Crippen LogP contribution >= 0.6 is 0 Å². The number of carbonyl (C=O) groups is 1. The van der Waals surface area contributed by atoms with Crippen LogP contribution in [0.4, 0.5) is 0 Å². The molecule has 0 heterocycles. The zero-order valence-corrected chi connectivity index (χ0v) is 8.43. The van der Waals surface area contributed by atoms with Crippen LogP contribution in [0.3, 0.4) is 0 Å². The molecule has 0 saturated carbocycles. The van der Waals surface area contributed by atoms with Crippen LogP contribution < -0.4 is 0 Å². The van der Waals surface area contributed by atoms with E-state index in [9.17, 15) is 4.79 Å². The quantitative estimate of drug-likeness (QED) is 0.681. The van der Waals surface area contributed by atoms with E-state index in [-0.39, 0.29) is 39.1 Å². The van der Waals surface area contributed by atoms with Crippen LogP contribution in [-0.2, 0) is 37.5 Å². The summed E-state index contributed by atoms with van der Waals surface area (Å²) in [6.07, 6.45) is 0.238. The number of rotatable bonds is 2. The normalized spacial score (nSPS) is 15.4. The van der Waals surface area contributed by atoms with Gasteiger partial charge in [-0.1, -0.05) is 6.92 Å². The van der Waals surface area contributed by atoms with Crippen molar-refractivity contribution >= 4 is 5.97 Å². The van der Waals surface area contributed by atoms with Crippen molar-refractivity contribution in [2.24, 2.45) is 0 Å². The van der Waals surface area contributed by atoms with Gasteiger partial charge in [0.05, 0.1) is 0 Å². The van der Waals surface area contributed by atoms with Crippen LogP contribution in [0, 0.1) is 0 Å². The van der Waals surface area contributed by atoms with E-state index >= 15 is 0 Å². The first-order chi connectivity index (χ1) is 3.50. The van der Waals surface area contributed by atoms with Gasteiger partial charge in [0, 0.05) is 32.7 Å². The Hall–Kier alpha value is 0.534. The van der Waals surface area contributed by atoms with E-state index in [0.29, 0.717) is 0 Å². The van der Waals surface area contributed by atoms with Crippen LogP contribution in [-0.4, -0.2) is 21.8 Å². The second kappa shape index (κ2) is 4.37. The molecule has 0 aromatic carbocycles. The molecule has 1 radical (unpaired) electrons. The zero-order chi connectivity index (χ0) is 6.78. The summed E-state index contributed by atoms with van der Waals surface area (Å²) in [4.78, 5) is 10.0. The minimum atomic E-state index is -1.54. The first-order valence-electron chi connectivity index (χ1n) is 2.46. The summed E-state index contributed by atoms with van der Waals surface area (Å²) < 4.78 is 0. The molecule has 4 heteroatoms. The number of carboxylic acids is 1. The Balaban J connectivity index is 0. The molecular weight excluding hydrogens is 197 g/mol. The summed E-state index contributed by atoms with van der Waals surface area (Å²) in [6, 6.07) is 0. The van der Waals surface area contributed by atoms with Crippen molar-refractivity contribution in [2.45, 2.75) is 25.9 Å². The fourth-order valence-corrected chi connectivity index (χ4v) is 0.151. The van der Waals surface area contributed by atoms with Crippen molar-refractivity contribution in [1.82, 2.24) is 0 Å². The summed E-state index contributed by atoms with van der Waals surface area (Å²) in [5.74, 6) is -1.17. The van der Waals surface area contributed by atoms with E-state index in [2.05, 4.69) is 0 Å². The van der Waals surface area contributed by atoms with E-state index in [1.807, 2.05) is 0 Å². The molecule has 0 rings (SSSR count). The maximum absolute atomic E-state index is 10.0. The largest absolute Gasteiger partial charge is 0.479 e. The standard InChI is InChI=1S/C5H10O3.Y/c1-3-5(2,8)4(6)7;/h8H,3H2,1-2H3,(H,6,7);. The first kappa shape index (κ1) is 12.2. The van der Waals surface area contributed by atoms with Gasteiger partial charge in [0.2, 0.25) is 0 Å². The summed E-state index contributed by atoms with van der Waals surface area (Å²) >= 11 is 0. The number of aliphatic carboxylic acids is 1. The molecule has 2 N–H and O–H groups in total. The Labute approximate surface area is 79.3 Å². The van der Waals surface area contributed by atoms with E-state index in [4.69, 9.17) is 10.2 Å². The molecular formula is C5H10O3Y. The molecule has 0 aromatic rings. The Bertz CT molecular complexity index is 100. The van der Waals surface area contributed by atoms with Crippen molar-refractivity contribution in [2.75, 3.05) is 0 Å². The molecule has 0 amide bonds. The summed E-state index contributed by atoms with van der Waals surface area (Å²) in [7, 11) is 0. The van der Waals surface area contributed by atoms with Crippen LogP contribution in [0.5, 0.6) is 0 Å². The molecule has 0 aliphatic rings. The summed E-state index contributed by atoms with van der Waals surface area (Å²) in [5, 5.41) is 17.0. The van der Waals surface area contributed by atoms with Crippen molar-refractivity contribution in [3.63, 3.8) is 0 Å². The SMILES string of the molecule is CCC(C)(O)C(=O)O.[Y]. The first-order valence-corrected chi connectivity index (χ1v) is 2.46. The van der Waals surface area contributed by atoms with Gasteiger partial charge in [0.25, 0.3) is 0 Å². The predicted octanol–water partition coefficient (Wildman–Crippen LogP) is 0.230. The fraction of sp³-hybridized carbons (Fsp3) is 0.800. The molecule has 51 valence electrons. The van der Waals surface area contributed by atoms with Gasteiger partial charge >= 0.3 is 5.97 Å². The zero-order valence-electron chi connectivity index (χ0n) is 5.59. The summed E-state index contributed by atoms with van der Waals surface area (Å²) in [5.41, 5.74) is -1.54. The van der Waals surface area contributed by atoms with Crippen molar-refractivity contribution < 1.29 is 47.7 Å².